The maximum Gasteiger partial charge on any atom is 0.220 e. The zero-order valence-corrected chi connectivity index (χ0v) is 8.62. The number of carbonyl (C=O) groups is 1. The lowest BCUT2D eigenvalue weighted by Crippen LogP contribution is -2.24. The van der Waals surface area contributed by atoms with Crippen molar-refractivity contribution < 1.29 is 4.79 Å². The van der Waals surface area contributed by atoms with E-state index < -0.39 is 0 Å². The largest absolute Gasteiger partial charge is 0.356 e. The van der Waals surface area contributed by atoms with E-state index in [0.717, 1.165) is 18.7 Å². The van der Waals surface area contributed by atoms with Crippen LogP contribution in [0.1, 0.15) is 19.8 Å². The van der Waals surface area contributed by atoms with Crippen LogP contribution in [0.15, 0.2) is 12.2 Å². The van der Waals surface area contributed by atoms with Gasteiger partial charge in [-0.05, 0) is 19.6 Å². The normalized spacial score (nSPS) is 10.5. The summed E-state index contributed by atoms with van der Waals surface area (Å²) < 4.78 is 0. The van der Waals surface area contributed by atoms with Gasteiger partial charge in [0, 0.05) is 18.7 Å². The number of rotatable bonds is 6. The van der Waals surface area contributed by atoms with Gasteiger partial charge in [0.1, 0.15) is 0 Å². The van der Waals surface area contributed by atoms with Crippen molar-refractivity contribution in [1.82, 2.24) is 5.32 Å². The highest BCUT2D eigenvalue weighted by atomic mass is 32.2. The van der Waals surface area contributed by atoms with E-state index in [2.05, 4.69) is 11.4 Å². The maximum absolute atomic E-state index is 11.0. The van der Waals surface area contributed by atoms with Crippen LogP contribution in [-0.4, -0.2) is 24.5 Å². The van der Waals surface area contributed by atoms with Crippen LogP contribution in [0.3, 0.4) is 0 Å². The lowest BCUT2D eigenvalue weighted by Gasteiger charge is -2.01. The first-order valence-electron chi connectivity index (χ1n) is 4.18. The Hall–Kier alpha value is -0.440. The summed E-state index contributed by atoms with van der Waals surface area (Å²) >= 11 is 1.70. The standard InChI is InChI=1S/C9H17NOS/c1-3-4-5-7-10-9(11)6-8-12-2/h3-4H,5-8H2,1-2H3,(H,10,11)/b4-3+. The SMILES string of the molecule is C/C=C/CCNC(=O)CCSC. The van der Waals surface area contributed by atoms with E-state index in [1.54, 1.807) is 11.8 Å². The topological polar surface area (TPSA) is 29.1 Å². The van der Waals surface area contributed by atoms with E-state index in [1.807, 2.05) is 19.3 Å². The predicted molar refractivity (Wildman–Crippen MR) is 55.4 cm³/mol. The lowest BCUT2D eigenvalue weighted by atomic mass is 10.3. The van der Waals surface area contributed by atoms with Gasteiger partial charge in [-0.1, -0.05) is 12.2 Å². The van der Waals surface area contributed by atoms with E-state index in [1.165, 1.54) is 0 Å². The molecule has 0 atom stereocenters. The molecule has 0 bridgehead atoms. The van der Waals surface area contributed by atoms with Crippen LogP contribution in [0.2, 0.25) is 0 Å². The minimum Gasteiger partial charge on any atom is -0.356 e. The molecule has 0 aromatic rings. The molecule has 0 saturated carbocycles. The van der Waals surface area contributed by atoms with Gasteiger partial charge in [-0.25, -0.2) is 0 Å². The highest BCUT2D eigenvalue weighted by molar-refractivity contribution is 7.98. The molecule has 0 spiro atoms. The van der Waals surface area contributed by atoms with Gasteiger partial charge in [-0.3, -0.25) is 4.79 Å². The third-order valence-corrected chi connectivity index (χ3v) is 2.01. The van der Waals surface area contributed by atoms with Crippen molar-refractivity contribution >= 4 is 17.7 Å². The number of hydrogen-bond acceptors (Lipinski definition) is 2. The van der Waals surface area contributed by atoms with Crippen molar-refractivity contribution in [1.29, 1.82) is 0 Å². The molecule has 2 nitrogen and oxygen atoms in total. The molecule has 0 aromatic heterocycles. The van der Waals surface area contributed by atoms with E-state index >= 15 is 0 Å². The van der Waals surface area contributed by atoms with Crippen LogP contribution in [0.5, 0.6) is 0 Å². The van der Waals surface area contributed by atoms with Gasteiger partial charge in [0.2, 0.25) is 5.91 Å². The molecule has 0 aliphatic rings. The highest BCUT2D eigenvalue weighted by Gasteiger charge is 1.97. The van der Waals surface area contributed by atoms with E-state index in [0.29, 0.717) is 6.42 Å². The number of allylic oxidation sites excluding steroid dienone is 1. The molecule has 1 N–H and O–H groups in total. The van der Waals surface area contributed by atoms with Crippen molar-refractivity contribution in [2.75, 3.05) is 18.6 Å². The summed E-state index contributed by atoms with van der Waals surface area (Å²) in [7, 11) is 0. The molecule has 0 aliphatic heterocycles. The molecule has 0 saturated heterocycles. The summed E-state index contributed by atoms with van der Waals surface area (Å²) in [6.45, 7) is 2.74. The summed E-state index contributed by atoms with van der Waals surface area (Å²) in [5, 5.41) is 2.85. The van der Waals surface area contributed by atoms with Crippen LogP contribution in [0.25, 0.3) is 0 Å². The van der Waals surface area contributed by atoms with Crippen LogP contribution < -0.4 is 5.32 Å². The van der Waals surface area contributed by atoms with E-state index in [4.69, 9.17) is 0 Å². The van der Waals surface area contributed by atoms with Gasteiger partial charge in [-0.2, -0.15) is 11.8 Å². The Morgan fingerprint density at radius 2 is 2.33 bits per heavy atom. The molecule has 0 radical (unpaired) electrons. The van der Waals surface area contributed by atoms with Crippen molar-refractivity contribution in [3.8, 4) is 0 Å². The monoisotopic (exact) mass is 187 g/mol. The molecular weight excluding hydrogens is 170 g/mol. The van der Waals surface area contributed by atoms with Gasteiger partial charge < -0.3 is 5.32 Å². The average molecular weight is 187 g/mol. The van der Waals surface area contributed by atoms with Crippen molar-refractivity contribution in [3.63, 3.8) is 0 Å². The Kier molecular flexibility index (Phi) is 8.34. The van der Waals surface area contributed by atoms with Crippen LogP contribution >= 0.6 is 11.8 Å². The first-order valence-corrected chi connectivity index (χ1v) is 5.57. The first-order chi connectivity index (χ1) is 5.81. The molecule has 0 aromatic carbocycles. The van der Waals surface area contributed by atoms with E-state index in [-0.39, 0.29) is 5.91 Å². The van der Waals surface area contributed by atoms with Gasteiger partial charge in [0.25, 0.3) is 0 Å². The van der Waals surface area contributed by atoms with Crippen molar-refractivity contribution in [2.24, 2.45) is 0 Å². The highest BCUT2D eigenvalue weighted by Crippen LogP contribution is 1.94. The number of amides is 1. The smallest absolute Gasteiger partial charge is 0.220 e. The van der Waals surface area contributed by atoms with Gasteiger partial charge >= 0.3 is 0 Å². The van der Waals surface area contributed by atoms with Crippen molar-refractivity contribution in [3.05, 3.63) is 12.2 Å². The second-order valence-corrected chi connectivity index (χ2v) is 3.44. The number of nitrogens with one attached hydrogen (secondary N) is 1. The minimum absolute atomic E-state index is 0.161. The van der Waals surface area contributed by atoms with Crippen LogP contribution in [0.4, 0.5) is 0 Å². The maximum atomic E-state index is 11.0. The fraction of sp³-hybridized carbons (Fsp3) is 0.667. The molecule has 0 aliphatic carbocycles. The van der Waals surface area contributed by atoms with Gasteiger partial charge in [0.05, 0.1) is 0 Å². The molecule has 0 fully saturated rings. The Morgan fingerprint density at radius 3 is 2.92 bits per heavy atom. The molecule has 3 heteroatoms. The Labute approximate surface area is 78.8 Å². The lowest BCUT2D eigenvalue weighted by molar-refractivity contribution is -0.120. The van der Waals surface area contributed by atoms with Crippen molar-refractivity contribution in [2.45, 2.75) is 19.8 Å². The average Bonchev–Trinajstić information content (AvgIpc) is 2.09. The summed E-state index contributed by atoms with van der Waals surface area (Å²) in [4.78, 5) is 11.0. The number of carbonyl (C=O) groups excluding carboxylic acids is 1. The molecule has 0 unspecified atom stereocenters. The minimum atomic E-state index is 0.161. The predicted octanol–water partition coefficient (Wildman–Crippen LogP) is 1.82. The zero-order valence-electron chi connectivity index (χ0n) is 7.80. The fourth-order valence-corrected chi connectivity index (χ4v) is 1.13. The summed E-state index contributed by atoms with van der Waals surface area (Å²) in [6, 6.07) is 0. The van der Waals surface area contributed by atoms with E-state index in [9.17, 15) is 4.79 Å². The first kappa shape index (κ1) is 11.6. The zero-order chi connectivity index (χ0) is 9.23. The Bertz CT molecular complexity index is 145. The van der Waals surface area contributed by atoms with Gasteiger partial charge in [-0.15, -0.1) is 0 Å². The molecular formula is C9H17NOS. The number of hydrogen-bond donors (Lipinski definition) is 1. The molecule has 12 heavy (non-hydrogen) atoms. The van der Waals surface area contributed by atoms with Gasteiger partial charge in [0.15, 0.2) is 0 Å². The Morgan fingerprint density at radius 1 is 1.58 bits per heavy atom. The summed E-state index contributed by atoms with van der Waals surface area (Å²) in [5.74, 6) is 1.07. The second-order valence-electron chi connectivity index (χ2n) is 2.45. The fourth-order valence-electron chi connectivity index (χ4n) is 0.745. The molecule has 1 amide bonds. The summed E-state index contributed by atoms with van der Waals surface area (Å²) in [6.07, 6.45) is 7.62. The molecule has 0 rings (SSSR count). The molecule has 70 valence electrons. The molecule has 0 heterocycles. The van der Waals surface area contributed by atoms with Crippen LogP contribution in [0, 0.1) is 0 Å². The van der Waals surface area contributed by atoms with Crippen LogP contribution in [-0.2, 0) is 4.79 Å². The third kappa shape index (κ3) is 7.66. The quantitative estimate of drug-likeness (QED) is 0.507. The number of thioether (sulfide) groups is 1. The Balaban J connectivity index is 3.19. The summed E-state index contributed by atoms with van der Waals surface area (Å²) in [5.41, 5.74) is 0. The third-order valence-electron chi connectivity index (χ3n) is 1.40. The second kappa shape index (κ2) is 8.65.